The maximum absolute atomic E-state index is 12.7. The van der Waals surface area contributed by atoms with Crippen molar-refractivity contribution in [2.45, 2.75) is 19.3 Å². The summed E-state index contributed by atoms with van der Waals surface area (Å²) in [5, 5.41) is 2.18. The van der Waals surface area contributed by atoms with E-state index in [9.17, 15) is 4.79 Å². The molecule has 5 heteroatoms. The maximum Gasteiger partial charge on any atom is 0.419 e. The number of piperidine rings is 1. The summed E-state index contributed by atoms with van der Waals surface area (Å²) in [6, 6.07) is 16.0. The maximum atomic E-state index is 12.7. The number of rotatable bonds is 3. The lowest BCUT2D eigenvalue weighted by molar-refractivity contribution is -0.905. The molecule has 2 heterocycles. The van der Waals surface area contributed by atoms with Crippen LogP contribution in [0.25, 0.3) is 21.8 Å². The monoisotopic (exact) mass is 358 g/mol. The summed E-state index contributed by atoms with van der Waals surface area (Å²) in [6.07, 6.45) is 3.64. The number of ether oxygens (including phenoxy) is 1. The lowest BCUT2D eigenvalue weighted by Gasteiger charge is -2.23. The second-order valence-electron chi connectivity index (χ2n) is 6.54. The van der Waals surface area contributed by atoms with Gasteiger partial charge in [-0.2, -0.15) is 0 Å². The molecule has 1 fully saturated rings. The molecule has 25 heavy (non-hydrogen) atoms. The number of para-hydroxylation sites is 2. The molecule has 1 N–H and O–H groups in total. The second-order valence-corrected chi connectivity index (χ2v) is 6.54. The van der Waals surface area contributed by atoms with Gasteiger partial charge in [0.25, 0.3) is 0 Å². The lowest BCUT2D eigenvalue weighted by Crippen LogP contribution is -3.13. The average Bonchev–Trinajstić information content (AvgIpc) is 2.97. The van der Waals surface area contributed by atoms with Gasteiger partial charge in [0.05, 0.1) is 24.1 Å². The number of benzene rings is 2. The molecule has 3 aromatic rings. The van der Waals surface area contributed by atoms with Crippen LogP contribution in [0.15, 0.2) is 48.5 Å². The molecule has 0 bridgehead atoms. The number of nitrogens with one attached hydrogen (secondary N) is 1. The topological polar surface area (TPSA) is 35.7 Å². The van der Waals surface area contributed by atoms with Crippen molar-refractivity contribution in [1.29, 1.82) is 0 Å². The standard InChI is InChI=1S/C20H22N2O2.ClH/c23-20(24-15-14-21-12-6-1-7-13-21)22-18-10-4-2-8-16(18)17-9-3-5-11-19(17)22;/h2-5,8-11H,1,6-7,12-15H2;1H. The van der Waals surface area contributed by atoms with Gasteiger partial charge < -0.3 is 22.0 Å². The zero-order valence-corrected chi connectivity index (χ0v) is 15.0. The summed E-state index contributed by atoms with van der Waals surface area (Å²) in [6.45, 7) is 3.79. The molecule has 0 spiro atoms. The first-order valence-corrected chi connectivity index (χ1v) is 8.83. The van der Waals surface area contributed by atoms with Crippen LogP contribution in [0.1, 0.15) is 19.3 Å². The molecular weight excluding hydrogens is 336 g/mol. The molecule has 2 aromatic carbocycles. The molecule has 0 amide bonds. The molecule has 132 valence electrons. The van der Waals surface area contributed by atoms with Crippen LogP contribution in [0.4, 0.5) is 4.79 Å². The van der Waals surface area contributed by atoms with Crippen LogP contribution >= 0.6 is 0 Å². The summed E-state index contributed by atoms with van der Waals surface area (Å²) < 4.78 is 7.31. The minimum atomic E-state index is -0.274. The number of carbonyl (C=O) groups excluding carboxylic acids is 1. The van der Waals surface area contributed by atoms with Crippen LogP contribution in [0.5, 0.6) is 0 Å². The number of hydrogen-bond acceptors (Lipinski definition) is 2. The van der Waals surface area contributed by atoms with E-state index in [2.05, 4.69) is 12.1 Å². The molecule has 1 aliphatic heterocycles. The van der Waals surface area contributed by atoms with Crippen LogP contribution in [-0.4, -0.2) is 36.9 Å². The number of aromatic nitrogens is 1. The summed E-state index contributed by atoms with van der Waals surface area (Å²) in [4.78, 5) is 14.3. The number of fused-ring (bicyclic) bond motifs is 3. The van der Waals surface area contributed by atoms with Gasteiger partial charge in [-0.25, -0.2) is 9.36 Å². The third-order valence-corrected chi connectivity index (χ3v) is 5.00. The number of nitrogens with zero attached hydrogens (tertiary/aromatic N) is 1. The lowest BCUT2D eigenvalue weighted by atomic mass is 10.1. The van der Waals surface area contributed by atoms with Gasteiger partial charge in [-0.05, 0) is 31.4 Å². The molecular formula is C20H23ClN2O2. The van der Waals surface area contributed by atoms with Crippen molar-refractivity contribution in [3.05, 3.63) is 48.5 Å². The number of hydrogen-bond donors (Lipinski definition) is 1. The van der Waals surface area contributed by atoms with Crippen LogP contribution in [0.2, 0.25) is 0 Å². The Morgan fingerprint density at radius 3 is 2.08 bits per heavy atom. The van der Waals surface area contributed by atoms with Crippen molar-refractivity contribution in [1.82, 2.24) is 4.57 Å². The van der Waals surface area contributed by atoms with Crippen LogP contribution in [0.3, 0.4) is 0 Å². The number of quaternary nitrogens is 1. The first-order valence-electron chi connectivity index (χ1n) is 8.83. The van der Waals surface area contributed by atoms with E-state index < -0.39 is 0 Å². The highest BCUT2D eigenvalue weighted by Crippen LogP contribution is 2.28. The van der Waals surface area contributed by atoms with Gasteiger partial charge >= 0.3 is 6.09 Å². The Bertz CT molecular complexity index is 815. The Hall–Kier alpha value is -2.04. The number of halogens is 1. The Morgan fingerprint density at radius 2 is 1.48 bits per heavy atom. The van der Waals surface area contributed by atoms with E-state index >= 15 is 0 Å². The normalized spacial score (nSPS) is 15.2. The summed E-state index contributed by atoms with van der Waals surface area (Å²) >= 11 is 0. The van der Waals surface area contributed by atoms with Crippen molar-refractivity contribution < 1.29 is 26.8 Å². The zero-order valence-electron chi connectivity index (χ0n) is 14.2. The van der Waals surface area contributed by atoms with E-state index in [1.807, 2.05) is 36.4 Å². The van der Waals surface area contributed by atoms with Crippen molar-refractivity contribution in [3.63, 3.8) is 0 Å². The van der Waals surface area contributed by atoms with Crippen molar-refractivity contribution in [3.8, 4) is 0 Å². The molecule has 0 unspecified atom stereocenters. The fourth-order valence-corrected chi connectivity index (χ4v) is 3.77. The Balaban J connectivity index is 0.00000182. The highest BCUT2D eigenvalue weighted by atomic mass is 35.5. The molecule has 0 radical (unpaired) electrons. The molecule has 0 aliphatic carbocycles. The fourth-order valence-electron chi connectivity index (χ4n) is 3.77. The van der Waals surface area contributed by atoms with Crippen molar-refractivity contribution in [2.24, 2.45) is 0 Å². The molecule has 4 nitrogen and oxygen atoms in total. The highest BCUT2D eigenvalue weighted by Gasteiger charge is 2.18. The van der Waals surface area contributed by atoms with E-state index in [1.54, 1.807) is 9.47 Å². The first-order chi connectivity index (χ1) is 11.8. The summed E-state index contributed by atoms with van der Waals surface area (Å²) in [7, 11) is 0. The first kappa shape index (κ1) is 17.8. The van der Waals surface area contributed by atoms with Crippen LogP contribution in [-0.2, 0) is 4.74 Å². The average molecular weight is 359 g/mol. The number of carbonyl (C=O) groups is 1. The third-order valence-electron chi connectivity index (χ3n) is 5.00. The van der Waals surface area contributed by atoms with Crippen molar-refractivity contribution in [2.75, 3.05) is 26.2 Å². The number of likely N-dealkylation sites (tertiary alicyclic amines) is 1. The van der Waals surface area contributed by atoms with Gasteiger partial charge in [-0.1, -0.05) is 36.4 Å². The van der Waals surface area contributed by atoms with E-state index in [-0.39, 0.29) is 18.5 Å². The van der Waals surface area contributed by atoms with Gasteiger partial charge in [-0.3, -0.25) is 0 Å². The zero-order chi connectivity index (χ0) is 16.4. The molecule has 4 rings (SSSR count). The van der Waals surface area contributed by atoms with Gasteiger partial charge in [0, 0.05) is 10.8 Å². The van der Waals surface area contributed by atoms with Gasteiger partial charge in [0.1, 0.15) is 13.2 Å². The SMILES string of the molecule is O=C(OCC[NH+]1CCCCC1)n1c2ccccc2c2ccccc21.[Cl-]. The quantitative estimate of drug-likeness (QED) is 0.707. The van der Waals surface area contributed by atoms with Gasteiger partial charge in [-0.15, -0.1) is 0 Å². The Labute approximate surface area is 153 Å². The van der Waals surface area contributed by atoms with E-state index in [0.717, 1.165) is 28.4 Å². The van der Waals surface area contributed by atoms with Crippen LogP contribution < -0.4 is 17.3 Å². The van der Waals surface area contributed by atoms with Crippen molar-refractivity contribution >= 4 is 27.9 Å². The Morgan fingerprint density at radius 1 is 0.920 bits per heavy atom. The summed E-state index contributed by atoms with van der Waals surface area (Å²) in [5.41, 5.74) is 1.82. The molecule has 0 saturated carbocycles. The molecule has 1 saturated heterocycles. The third kappa shape index (κ3) is 3.51. The van der Waals surface area contributed by atoms with E-state index in [4.69, 9.17) is 4.74 Å². The second kappa shape index (κ2) is 7.89. The smallest absolute Gasteiger partial charge is 0.419 e. The fraction of sp³-hybridized carbons (Fsp3) is 0.350. The molecule has 0 atom stereocenters. The van der Waals surface area contributed by atoms with E-state index in [1.165, 1.54) is 32.4 Å². The highest BCUT2D eigenvalue weighted by molar-refractivity contribution is 6.12. The summed E-state index contributed by atoms with van der Waals surface area (Å²) in [5.74, 6) is 0. The van der Waals surface area contributed by atoms with Gasteiger partial charge in [0.15, 0.2) is 0 Å². The minimum absolute atomic E-state index is 0. The molecule has 1 aromatic heterocycles. The Kier molecular flexibility index (Phi) is 5.61. The van der Waals surface area contributed by atoms with E-state index in [0.29, 0.717) is 6.61 Å². The van der Waals surface area contributed by atoms with Crippen LogP contribution in [0, 0.1) is 0 Å². The molecule has 1 aliphatic rings. The van der Waals surface area contributed by atoms with Gasteiger partial charge in [0.2, 0.25) is 0 Å². The predicted molar refractivity (Wildman–Crippen MR) is 95.6 cm³/mol. The largest absolute Gasteiger partial charge is 1.00 e. The minimum Gasteiger partial charge on any atom is -1.00 e. The predicted octanol–water partition coefficient (Wildman–Crippen LogP) is -0.148.